The molecule has 6 nitrogen and oxygen atoms in total. The second kappa shape index (κ2) is 5.86. The van der Waals surface area contributed by atoms with Gasteiger partial charge in [-0.2, -0.15) is 9.97 Å². The minimum atomic E-state index is 0.109. The topological polar surface area (TPSA) is 78.8 Å². The van der Waals surface area contributed by atoms with E-state index in [2.05, 4.69) is 15.0 Å². The highest BCUT2D eigenvalue weighted by Gasteiger charge is 2.15. The molecule has 0 fully saturated rings. The molecule has 0 unspecified atom stereocenters. The number of aryl methyl sites for hydroxylation is 1. The molecule has 0 saturated heterocycles. The highest BCUT2D eigenvalue weighted by molar-refractivity contribution is 6.33. The Kier molecular flexibility index (Phi) is 4.04. The van der Waals surface area contributed by atoms with E-state index >= 15 is 0 Å². The lowest BCUT2D eigenvalue weighted by molar-refractivity contribution is 0.408. The first-order chi connectivity index (χ1) is 10.9. The van der Waals surface area contributed by atoms with E-state index in [0.717, 1.165) is 22.4 Å². The Morgan fingerprint density at radius 1 is 1.26 bits per heavy atom. The lowest BCUT2D eigenvalue weighted by Crippen LogP contribution is -2.04. The largest absolute Gasteiger partial charge is 0.496 e. The van der Waals surface area contributed by atoms with Crippen molar-refractivity contribution in [2.45, 2.75) is 20.4 Å². The van der Waals surface area contributed by atoms with Crippen molar-refractivity contribution in [1.29, 1.82) is 0 Å². The number of hydrogen-bond acceptors (Lipinski definition) is 5. The average Bonchev–Trinajstić information content (AvgIpc) is 2.88. The molecule has 0 aliphatic rings. The van der Waals surface area contributed by atoms with Gasteiger partial charge in [0.1, 0.15) is 11.3 Å². The highest BCUT2D eigenvalue weighted by atomic mass is 35.5. The van der Waals surface area contributed by atoms with Crippen molar-refractivity contribution < 1.29 is 4.74 Å². The van der Waals surface area contributed by atoms with Gasteiger partial charge in [-0.05, 0) is 31.0 Å². The molecule has 0 aliphatic heterocycles. The molecule has 0 aliphatic carbocycles. The molecule has 120 valence electrons. The maximum atomic E-state index is 6.48. The standard InChI is InChI=1S/C15H15Cl2N5O/c1-7-4-9(10(16)8(2)12(7)23-3)5-22-6-19-11-13(17)20-15(18)21-14(11)22/h4,6H,5H2,1-3H3,(H2,18,20,21). The first kappa shape index (κ1) is 15.8. The summed E-state index contributed by atoms with van der Waals surface area (Å²) in [6.45, 7) is 4.41. The second-order valence-corrected chi connectivity index (χ2v) is 5.98. The average molecular weight is 352 g/mol. The van der Waals surface area contributed by atoms with E-state index in [-0.39, 0.29) is 11.1 Å². The fourth-order valence-electron chi connectivity index (χ4n) is 2.68. The monoisotopic (exact) mass is 351 g/mol. The third-order valence-corrected chi connectivity index (χ3v) is 4.47. The van der Waals surface area contributed by atoms with E-state index < -0.39 is 0 Å². The van der Waals surface area contributed by atoms with Crippen LogP contribution in [-0.2, 0) is 6.54 Å². The number of benzene rings is 1. The van der Waals surface area contributed by atoms with Crippen molar-refractivity contribution in [2.24, 2.45) is 0 Å². The van der Waals surface area contributed by atoms with E-state index in [9.17, 15) is 0 Å². The van der Waals surface area contributed by atoms with Crippen molar-refractivity contribution in [3.05, 3.63) is 39.3 Å². The predicted molar refractivity (Wildman–Crippen MR) is 91.3 cm³/mol. The summed E-state index contributed by atoms with van der Waals surface area (Å²) in [5.41, 5.74) is 9.62. The molecule has 2 heterocycles. The molecule has 0 amide bonds. The zero-order valence-electron chi connectivity index (χ0n) is 12.9. The molecule has 2 N–H and O–H groups in total. The number of fused-ring (bicyclic) bond motifs is 1. The molecule has 1 aromatic carbocycles. The van der Waals surface area contributed by atoms with Gasteiger partial charge in [-0.1, -0.05) is 23.2 Å². The molecule has 0 saturated carbocycles. The van der Waals surface area contributed by atoms with Crippen molar-refractivity contribution in [1.82, 2.24) is 19.5 Å². The summed E-state index contributed by atoms with van der Waals surface area (Å²) in [5, 5.41) is 0.891. The van der Waals surface area contributed by atoms with Crippen LogP contribution in [0.1, 0.15) is 16.7 Å². The van der Waals surface area contributed by atoms with Gasteiger partial charge in [0, 0.05) is 5.56 Å². The maximum Gasteiger partial charge on any atom is 0.223 e. The van der Waals surface area contributed by atoms with Gasteiger partial charge in [-0.25, -0.2) is 4.98 Å². The van der Waals surface area contributed by atoms with Crippen LogP contribution in [0, 0.1) is 13.8 Å². The van der Waals surface area contributed by atoms with Crippen LogP contribution in [0.4, 0.5) is 5.95 Å². The van der Waals surface area contributed by atoms with Crippen molar-refractivity contribution in [3.8, 4) is 5.75 Å². The van der Waals surface area contributed by atoms with E-state index in [1.165, 1.54) is 0 Å². The zero-order chi connectivity index (χ0) is 16.7. The third kappa shape index (κ3) is 2.68. The van der Waals surface area contributed by atoms with Gasteiger partial charge < -0.3 is 15.0 Å². The van der Waals surface area contributed by atoms with E-state index in [4.69, 9.17) is 33.7 Å². The molecule has 0 atom stereocenters. The molecule has 0 spiro atoms. The van der Waals surface area contributed by atoms with Gasteiger partial charge >= 0.3 is 0 Å². The number of nitrogens with two attached hydrogens (primary N) is 1. The second-order valence-electron chi connectivity index (χ2n) is 5.24. The number of imidazole rings is 1. The Hall–Kier alpha value is -2.05. The lowest BCUT2D eigenvalue weighted by Gasteiger charge is -2.15. The Labute approximate surface area is 143 Å². The van der Waals surface area contributed by atoms with Crippen LogP contribution < -0.4 is 10.5 Å². The lowest BCUT2D eigenvalue weighted by atomic mass is 10.1. The summed E-state index contributed by atoms with van der Waals surface area (Å²) in [4.78, 5) is 12.4. The van der Waals surface area contributed by atoms with E-state index in [0.29, 0.717) is 22.7 Å². The summed E-state index contributed by atoms with van der Waals surface area (Å²) in [6, 6.07) is 1.99. The van der Waals surface area contributed by atoms with Crippen molar-refractivity contribution in [3.63, 3.8) is 0 Å². The molecule has 0 bridgehead atoms. The van der Waals surface area contributed by atoms with Crippen LogP contribution in [-0.4, -0.2) is 26.6 Å². The Morgan fingerprint density at radius 3 is 2.70 bits per heavy atom. The molecule has 3 aromatic rings. The molecule has 8 heteroatoms. The van der Waals surface area contributed by atoms with E-state index in [1.54, 1.807) is 13.4 Å². The number of methoxy groups -OCH3 is 1. The van der Waals surface area contributed by atoms with Gasteiger partial charge in [0.25, 0.3) is 0 Å². The molecule has 3 rings (SSSR count). The van der Waals surface area contributed by atoms with Crippen molar-refractivity contribution >= 4 is 40.3 Å². The Bertz CT molecular complexity index is 907. The fourth-order valence-corrected chi connectivity index (χ4v) is 3.10. The predicted octanol–water partition coefficient (Wildman–Crippen LogP) is 3.39. The summed E-state index contributed by atoms with van der Waals surface area (Å²) < 4.78 is 7.23. The Balaban J connectivity index is 2.10. The third-order valence-electron chi connectivity index (χ3n) is 3.68. The van der Waals surface area contributed by atoms with Crippen molar-refractivity contribution in [2.75, 3.05) is 12.8 Å². The fraction of sp³-hybridized carbons (Fsp3) is 0.267. The summed E-state index contributed by atoms with van der Waals surface area (Å²) >= 11 is 12.5. The smallest absolute Gasteiger partial charge is 0.223 e. The number of halogens is 2. The first-order valence-electron chi connectivity index (χ1n) is 6.88. The molecular weight excluding hydrogens is 337 g/mol. The summed E-state index contributed by atoms with van der Waals surface area (Å²) in [5.74, 6) is 0.904. The van der Waals surface area contributed by atoms with Crippen LogP contribution in [0.2, 0.25) is 10.2 Å². The number of nitrogens with zero attached hydrogens (tertiary/aromatic N) is 4. The quantitative estimate of drug-likeness (QED) is 0.731. The minimum absolute atomic E-state index is 0.109. The SMILES string of the molecule is COc1c(C)cc(Cn2cnc3c(Cl)nc(N)nc32)c(Cl)c1C. The number of aromatic nitrogens is 4. The number of anilines is 1. The van der Waals surface area contributed by atoms with Gasteiger partial charge in [0.2, 0.25) is 5.95 Å². The Morgan fingerprint density at radius 2 is 2.00 bits per heavy atom. The van der Waals surface area contributed by atoms with Crippen LogP contribution in [0.25, 0.3) is 11.2 Å². The molecular formula is C15H15Cl2N5O. The van der Waals surface area contributed by atoms with Crippen LogP contribution in [0.15, 0.2) is 12.4 Å². The van der Waals surface area contributed by atoms with Crippen LogP contribution in [0.3, 0.4) is 0 Å². The number of hydrogen-bond donors (Lipinski definition) is 1. The zero-order valence-corrected chi connectivity index (χ0v) is 14.4. The van der Waals surface area contributed by atoms with Crippen LogP contribution >= 0.6 is 23.2 Å². The summed E-state index contributed by atoms with van der Waals surface area (Å²) in [6.07, 6.45) is 1.65. The number of rotatable bonds is 3. The van der Waals surface area contributed by atoms with Gasteiger partial charge in [-0.3, -0.25) is 0 Å². The highest BCUT2D eigenvalue weighted by Crippen LogP contribution is 2.33. The summed E-state index contributed by atoms with van der Waals surface area (Å²) in [7, 11) is 1.64. The van der Waals surface area contributed by atoms with Gasteiger partial charge in [0.05, 0.1) is 25.0 Å². The number of ether oxygens (including phenoxy) is 1. The first-order valence-corrected chi connectivity index (χ1v) is 7.64. The normalized spacial score (nSPS) is 11.2. The number of nitrogen functional groups attached to an aromatic ring is 1. The van der Waals surface area contributed by atoms with E-state index in [1.807, 2.05) is 24.5 Å². The minimum Gasteiger partial charge on any atom is -0.496 e. The molecule has 23 heavy (non-hydrogen) atoms. The van der Waals surface area contributed by atoms with Crippen LogP contribution in [0.5, 0.6) is 5.75 Å². The molecule has 0 radical (unpaired) electrons. The molecule has 2 aromatic heterocycles. The van der Waals surface area contributed by atoms with Gasteiger partial charge in [0.15, 0.2) is 10.8 Å². The van der Waals surface area contributed by atoms with Gasteiger partial charge in [-0.15, -0.1) is 0 Å². The maximum absolute atomic E-state index is 6.48.